The number of thiophene rings is 1. The fourth-order valence-electron chi connectivity index (χ4n) is 2.07. The Morgan fingerprint density at radius 2 is 2.24 bits per heavy atom. The van der Waals surface area contributed by atoms with E-state index in [-0.39, 0.29) is 5.91 Å². The lowest BCUT2D eigenvalue weighted by atomic mass is 10.4. The van der Waals surface area contributed by atoms with E-state index in [1.807, 2.05) is 28.5 Å². The first-order valence-electron chi connectivity index (χ1n) is 6.77. The Morgan fingerprint density at radius 3 is 3.00 bits per heavy atom. The zero-order chi connectivity index (χ0) is 14.5. The van der Waals surface area contributed by atoms with Crippen molar-refractivity contribution in [1.82, 2.24) is 15.1 Å². The average molecular weight is 321 g/mol. The van der Waals surface area contributed by atoms with Gasteiger partial charge in [0.2, 0.25) is 11.8 Å². The molecule has 0 unspecified atom stereocenters. The van der Waals surface area contributed by atoms with Crippen molar-refractivity contribution in [2.75, 3.05) is 18.8 Å². The summed E-state index contributed by atoms with van der Waals surface area (Å²) in [7, 11) is 0. The van der Waals surface area contributed by atoms with Crippen LogP contribution >= 0.6 is 23.1 Å². The topological polar surface area (TPSA) is 59.2 Å². The third-order valence-electron chi connectivity index (χ3n) is 3.13. The van der Waals surface area contributed by atoms with E-state index in [9.17, 15) is 4.79 Å². The summed E-state index contributed by atoms with van der Waals surface area (Å²) < 4.78 is 5.48. The van der Waals surface area contributed by atoms with Crippen molar-refractivity contribution in [3.63, 3.8) is 0 Å². The molecule has 5 nitrogen and oxygen atoms in total. The van der Waals surface area contributed by atoms with Crippen LogP contribution in [0, 0.1) is 0 Å². The lowest BCUT2D eigenvalue weighted by Gasteiger charge is -2.13. The second kappa shape index (κ2) is 6.91. The molecule has 2 aromatic rings. The quantitative estimate of drug-likeness (QED) is 0.792. The van der Waals surface area contributed by atoms with Crippen LogP contribution < -0.4 is 0 Å². The zero-order valence-corrected chi connectivity index (χ0v) is 13.0. The van der Waals surface area contributed by atoms with Crippen LogP contribution in [0.3, 0.4) is 0 Å². The maximum atomic E-state index is 11.9. The van der Waals surface area contributed by atoms with Gasteiger partial charge >= 0.3 is 0 Å². The second-order valence-corrected chi connectivity index (χ2v) is 6.54. The van der Waals surface area contributed by atoms with E-state index in [0.717, 1.165) is 30.8 Å². The molecule has 3 heterocycles. The molecule has 0 aliphatic carbocycles. The normalized spacial score (nSPS) is 15.1. The standard InChI is InChI=1S/C14H15N3O2S2/c18-13(17-7-1-2-8-17)10-21-14-16-15-12(19-14)6-5-11-4-3-9-20-11/h3-6,9H,1-2,7-8,10H2/b6-5+. The minimum atomic E-state index is 0.145. The first kappa shape index (κ1) is 14.3. The Labute approximate surface area is 131 Å². The lowest BCUT2D eigenvalue weighted by molar-refractivity contribution is -0.127. The molecule has 0 bridgehead atoms. The number of rotatable bonds is 5. The zero-order valence-electron chi connectivity index (χ0n) is 11.4. The molecule has 0 saturated carbocycles. The highest BCUT2D eigenvalue weighted by atomic mass is 32.2. The Hall–Kier alpha value is -1.60. The summed E-state index contributed by atoms with van der Waals surface area (Å²) in [5.41, 5.74) is 0. The predicted octanol–water partition coefficient (Wildman–Crippen LogP) is 3.02. The number of nitrogens with zero attached hydrogens (tertiary/aromatic N) is 3. The van der Waals surface area contributed by atoms with E-state index in [4.69, 9.17) is 4.42 Å². The van der Waals surface area contributed by atoms with Crippen molar-refractivity contribution in [1.29, 1.82) is 0 Å². The molecule has 0 aromatic carbocycles. The van der Waals surface area contributed by atoms with E-state index in [1.165, 1.54) is 11.8 Å². The highest BCUT2D eigenvalue weighted by Gasteiger charge is 2.18. The molecular weight excluding hydrogens is 306 g/mol. The third-order valence-corrected chi connectivity index (χ3v) is 4.77. The van der Waals surface area contributed by atoms with E-state index in [0.29, 0.717) is 16.9 Å². The number of hydrogen-bond acceptors (Lipinski definition) is 6. The summed E-state index contributed by atoms with van der Waals surface area (Å²) >= 11 is 2.94. The summed E-state index contributed by atoms with van der Waals surface area (Å²) in [6.07, 6.45) is 5.93. The fourth-order valence-corrected chi connectivity index (χ4v) is 3.36. The fraction of sp³-hybridized carbons (Fsp3) is 0.357. The smallest absolute Gasteiger partial charge is 0.277 e. The summed E-state index contributed by atoms with van der Waals surface area (Å²) in [5.74, 6) is 0.960. The van der Waals surface area contributed by atoms with Gasteiger partial charge in [0.15, 0.2) is 0 Å². The SMILES string of the molecule is O=C(CSc1nnc(/C=C/c2cccs2)o1)N1CCCC1. The molecule has 7 heteroatoms. The molecule has 21 heavy (non-hydrogen) atoms. The Morgan fingerprint density at radius 1 is 1.38 bits per heavy atom. The molecule has 0 spiro atoms. The maximum Gasteiger partial charge on any atom is 0.277 e. The number of thioether (sulfide) groups is 1. The van der Waals surface area contributed by atoms with Gasteiger partial charge in [-0.1, -0.05) is 17.8 Å². The van der Waals surface area contributed by atoms with Crippen LogP contribution in [0.1, 0.15) is 23.6 Å². The largest absolute Gasteiger partial charge is 0.412 e. The van der Waals surface area contributed by atoms with Crippen LogP contribution in [-0.2, 0) is 4.79 Å². The molecular formula is C14H15N3O2S2. The van der Waals surface area contributed by atoms with Crippen molar-refractivity contribution < 1.29 is 9.21 Å². The second-order valence-electron chi connectivity index (χ2n) is 4.63. The molecule has 0 radical (unpaired) electrons. The van der Waals surface area contributed by atoms with Crippen molar-refractivity contribution in [3.8, 4) is 0 Å². The van der Waals surface area contributed by atoms with Crippen LogP contribution in [0.4, 0.5) is 0 Å². The van der Waals surface area contributed by atoms with Crippen LogP contribution in [0.25, 0.3) is 12.2 Å². The summed E-state index contributed by atoms with van der Waals surface area (Å²) in [6, 6.07) is 4.01. The van der Waals surface area contributed by atoms with Crippen molar-refractivity contribution in [2.45, 2.75) is 18.1 Å². The number of amides is 1. The Bertz CT molecular complexity index is 616. The molecule has 1 aliphatic heterocycles. The number of aromatic nitrogens is 2. The first-order chi connectivity index (χ1) is 10.3. The van der Waals surface area contributed by atoms with Gasteiger partial charge in [-0.25, -0.2) is 0 Å². The summed E-state index contributed by atoms with van der Waals surface area (Å²) in [5, 5.41) is 10.3. The molecule has 1 saturated heterocycles. The van der Waals surface area contributed by atoms with Crippen LogP contribution in [0.15, 0.2) is 27.2 Å². The highest BCUT2D eigenvalue weighted by molar-refractivity contribution is 7.99. The van der Waals surface area contributed by atoms with Gasteiger partial charge in [0.05, 0.1) is 5.75 Å². The maximum absolute atomic E-state index is 11.9. The summed E-state index contributed by atoms with van der Waals surface area (Å²) in [6.45, 7) is 1.75. The third kappa shape index (κ3) is 3.95. The van der Waals surface area contributed by atoms with Crippen molar-refractivity contribution in [3.05, 3.63) is 28.3 Å². The van der Waals surface area contributed by atoms with Crippen LogP contribution in [0.5, 0.6) is 0 Å². The van der Waals surface area contributed by atoms with Gasteiger partial charge in [-0.05, 0) is 30.4 Å². The predicted molar refractivity (Wildman–Crippen MR) is 84.1 cm³/mol. The lowest BCUT2D eigenvalue weighted by Crippen LogP contribution is -2.29. The van der Waals surface area contributed by atoms with E-state index in [1.54, 1.807) is 17.4 Å². The van der Waals surface area contributed by atoms with Gasteiger partial charge < -0.3 is 9.32 Å². The summed E-state index contributed by atoms with van der Waals surface area (Å²) in [4.78, 5) is 14.9. The van der Waals surface area contributed by atoms with Crippen LogP contribution in [0.2, 0.25) is 0 Å². The van der Waals surface area contributed by atoms with Gasteiger partial charge in [-0.15, -0.1) is 21.5 Å². The molecule has 2 aromatic heterocycles. The van der Waals surface area contributed by atoms with E-state index < -0.39 is 0 Å². The van der Waals surface area contributed by atoms with Crippen LogP contribution in [-0.4, -0.2) is 39.8 Å². The van der Waals surface area contributed by atoms with E-state index in [2.05, 4.69) is 10.2 Å². The number of carbonyl (C=O) groups excluding carboxylic acids is 1. The minimum absolute atomic E-state index is 0.145. The average Bonchev–Trinajstić information content (AvgIpc) is 3.24. The monoisotopic (exact) mass is 321 g/mol. The number of hydrogen-bond donors (Lipinski definition) is 0. The number of carbonyl (C=O) groups is 1. The Kier molecular flexibility index (Phi) is 4.72. The van der Waals surface area contributed by atoms with Gasteiger partial charge in [0, 0.05) is 24.0 Å². The molecule has 3 rings (SSSR count). The Balaban J connectivity index is 1.51. The highest BCUT2D eigenvalue weighted by Crippen LogP contribution is 2.19. The molecule has 110 valence electrons. The van der Waals surface area contributed by atoms with Gasteiger partial charge in [0.25, 0.3) is 5.22 Å². The van der Waals surface area contributed by atoms with Crippen molar-refractivity contribution in [2.24, 2.45) is 0 Å². The molecule has 1 aliphatic rings. The number of likely N-dealkylation sites (tertiary alicyclic amines) is 1. The van der Waals surface area contributed by atoms with E-state index >= 15 is 0 Å². The molecule has 1 fully saturated rings. The molecule has 1 amide bonds. The van der Waals surface area contributed by atoms with Gasteiger partial charge in [-0.3, -0.25) is 4.79 Å². The van der Waals surface area contributed by atoms with Gasteiger partial charge in [-0.2, -0.15) is 0 Å². The first-order valence-corrected chi connectivity index (χ1v) is 8.63. The van der Waals surface area contributed by atoms with Crippen molar-refractivity contribution >= 4 is 41.2 Å². The van der Waals surface area contributed by atoms with Gasteiger partial charge in [0.1, 0.15) is 0 Å². The minimum Gasteiger partial charge on any atom is -0.412 e. The molecule has 0 N–H and O–H groups in total. The molecule has 0 atom stereocenters.